The smallest absolute Gasteiger partial charge is 0.291 e. The van der Waals surface area contributed by atoms with E-state index >= 15 is 0 Å². The molecule has 1 aromatic rings. The van der Waals surface area contributed by atoms with Gasteiger partial charge in [0.15, 0.2) is 0 Å². The molecule has 1 aliphatic heterocycles. The number of nitrogens with zero attached hydrogens (tertiary/aromatic N) is 3. The zero-order valence-electron chi connectivity index (χ0n) is 11.2. The summed E-state index contributed by atoms with van der Waals surface area (Å²) in [6, 6.07) is 0. The lowest BCUT2D eigenvalue weighted by Crippen LogP contribution is -2.43. The number of nitrogens with one attached hydrogen (secondary N) is 2. The van der Waals surface area contributed by atoms with Crippen LogP contribution in [0.2, 0.25) is 0 Å². The number of H-pyrrole nitrogens is 1. The van der Waals surface area contributed by atoms with Gasteiger partial charge in [-0.2, -0.15) is 5.10 Å². The second kappa shape index (κ2) is 6.99. The molecule has 3 N–H and O–H groups in total. The van der Waals surface area contributed by atoms with E-state index in [0.717, 1.165) is 0 Å². The molecule has 0 bridgehead atoms. The van der Waals surface area contributed by atoms with Crippen LogP contribution >= 0.6 is 0 Å². The third-order valence-electron chi connectivity index (χ3n) is 3.40. The van der Waals surface area contributed by atoms with E-state index in [1.165, 1.54) is 6.33 Å². The first kappa shape index (κ1) is 14.4. The summed E-state index contributed by atoms with van der Waals surface area (Å²) in [7, 11) is 0. The molecule has 20 heavy (non-hydrogen) atoms. The number of rotatable bonds is 5. The molecule has 1 aliphatic rings. The summed E-state index contributed by atoms with van der Waals surface area (Å²) in [6.07, 6.45) is 3.15. The average molecular weight is 281 g/mol. The van der Waals surface area contributed by atoms with Gasteiger partial charge in [0.2, 0.25) is 11.7 Å². The maximum atomic E-state index is 12.0. The molecule has 2 rings (SSSR count). The summed E-state index contributed by atoms with van der Waals surface area (Å²) < 4.78 is 0. The predicted molar refractivity (Wildman–Crippen MR) is 69.7 cm³/mol. The number of hydrogen-bond donors (Lipinski definition) is 3. The van der Waals surface area contributed by atoms with Gasteiger partial charge < -0.3 is 15.3 Å². The number of hydrogen-bond acceptors (Lipinski definition) is 5. The zero-order valence-corrected chi connectivity index (χ0v) is 11.2. The van der Waals surface area contributed by atoms with Crippen molar-refractivity contribution in [2.75, 3.05) is 26.2 Å². The predicted octanol–water partition coefficient (Wildman–Crippen LogP) is -0.844. The lowest BCUT2D eigenvalue weighted by Gasteiger charge is -2.30. The molecule has 8 nitrogen and oxygen atoms in total. The average Bonchev–Trinajstić information content (AvgIpc) is 3.01. The molecule has 1 saturated heterocycles. The van der Waals surface area contributed by atoms with Gasteiger partial charge in [0.25, 0.3) is 5.91 Å². The lowest BCUT2D eigenvalue weighted by atomic mass is 9.96. The van der Waals surface area contributed by atoms with E-state index in [1.54, 1.807) is 4.90 Å². The molecule has 110 valence electrons. The fourth-order valence-electron chi connectivity index (χ4n) is 2.24. The number of aliphatic hydroxyl groups excluding tert-OH is 1. The Bertz CT molecular complexity index is 440. The monoisotopic (exact) mass is 281 g/mol. The molecule has 1 fully saturated rings. The van der Waals surface area contributed by atoms with Crippen molar-refractivity contribution in [2.45, 2.75) is 19.3 Å². The third kappa shape index (κ3) is 3.53. The third-order valence-corrected chi connectivity index (χ3v) is 3.40. The minimum Gasteiger partial charge on any atom is -0.396 e. The van der Waals surface area contributed by atoms with Gasteiger partial charge in [-0.3, -0.25) is 14.7 Å². The molecule has 2 amide bonds. The van der Waals surface area contributed by atoms with Crippen LogP contribution in [0, 0.1) is 5.92 Å². The van der Waals surface area contributed by atoms with Crippen LogP contribution in [0.25, 0.3) is 0 Å². The van der Waals surface area contributed by atoms with Crippen molar-refractivity contribution in [3.8, 4) is 0 Å². The number of aromatic nitrogens is 3. The first-order valence-corrected chi connectivity index (χ1v) is 6.75. The highest BCUT2D eigenvalue weighted by atomic mass is 16.3. The van der Waals surface area contributed by atoms with Crippen molar-refractivity contribution in [1.82, 2.24) is 25.4 Å². The molecule has 0 unspecified atom stereocenters. The maximum absolute atomic E-state index is 12.0. The lowest BCUT2D eigenvalue weighted by molar-refractivity contribution is -0.126. The van der Waals surface area contributed by atoms with Crippen molar-refractivity contribution >= 4 is 11.8 Å². The topological polar surface area (TPSA) is 111 Å². The van der Waals surface area contributed by atoms with Crippen molar-refractivity contribution in [1.29, 1.82) is 0 Å². The molecule has 2 heterocycles. The molecule has 1 aromatic heterocycles. The normalized spacial score (nSPS) is 16.1. The van der Waals surface area contributed by atoms with Crippen LogP contribution in [-0.4, -0.2) is 63.2 Å². The number of carbonyl (C=O) groups is 2. The van der Waals surface area contributed by atoms with Crippen LogP contribution < -0.4 is 5.32 Å². The first-order chi connectivity index (χ1) is 9.72. The Hall–Kier alpha value is -1.96. The Labute approximate surface area is 116 Å². The van der Waals surface area contributed by atoms with Gasteiger partial charge in [0.05, 0.1) is 0 Å². The first-order valence-electron chi connectivity index (χ1n) is 6.75. The van der Waals surface area contributed by atoms with E-state index in [0.29, 0.717) is 38.9 Å². The Balaban J connectivity index is 1.77. The van der Waals surface area contributed by atoms with Gasteiger partial charge >= 0.3 is 0 Å². The fourth-order valence-corrected chi connectivity index (χ4v) is 2.24. The number of amides is 2. The highest BCUT2D eigenvalue weighted by molar-refractivity contribution is 5.90. The van der Waals surface area contributed by atoms with Crippen LogP contribution in [0.15, 0.2) is 6.33 Å². The van der Waals surface area contributed by atoms with E-state index in [1.807, 2.05) is 0 Å². The Morgan fingerprint density at radius 2 is 2.20 bits per heavy atom. The summed E-state index contributed by atoms with van der Waals surface area (Å²) in [5, 5.41) is 17.7. The van der Waals surface area contributed by atoms with Crippen LogP contribution in [0.4, 0.5) is 0 Å². The SMILES string of the molecule is O=C(NCCCO)C1CCN(C(=O)c2ncn[nH]2)CC1. The van der Waals surface area contributed by atoms with Crippen LogP contribution in [0.3, 0.4) is 0 Å². The molecule has 0 saturated carbocycles. The van der Waals surface area contributed by atoms with Crippen molar-refractivity contribution in [2.24, 2.45) is 5.92 Å². The minimum atomic E-state index is -0.179. The van der Waals surface area contributed by atoms with E-state index in [2.05, 4.69) is 20.5 Å². The van der Waals surface area contributed by atoms with Gasteiger partial charge in [-0.1, -0.05) is 0 Å². The highest BCUT2D eigenvalue weighted by Crippen LogP contribution is 2.18. The number of likely N-dealkylation sites (tertiary alicyclic amines) is 1. The number of aromatic amines is 1. The molecule has 0 atom stereocenters. The van der Waals surface area contributed by atoms with Gasteiger partial charge in [0, 0.05) is 32.2 Å². The quantitative estimate of drug-likeness (QED) is 0.609. The summed E-state index contributed by atoms with van der Waals surface area (Å²) >= 11 is 0. The number of aliphatic hydroxyl groups is 1. The summed E-state index contributed by atoms with van der Waals surface area (Å²) in [4.78, 5) is 29.4. The Morgan fingerprint density at radius 1 is 1.45 bits per heavy atom. The Morgan fingerprint density at radius 3 is 2.80 bits per heavy atom. The van der Waals surface area contributed by atoms with E-state index in [-0.39, 0.29) is 30.2 Å². The maximum Gasteiger partial charge on any atom is 0.291 e. The summed E-state index contributed by atoms with van der Waals surface area (Å²) in [6.45, 7) is 1.65. The molecule has 0 aromatic carbocycles. The zero-order chi connectivity index (χ0) is 14.4. The minimum absolute atomic E-state index is 0.00483. The fraction of sp³-hybridized carbons (Fsp3) is 0.667. The number of piperidine rings is 1. The summed E-state index contributed by atoms with van der Waals surface area (Å²) in [5.74, 6) is -0.00447. The van der Waals surface area contributed by atoms with Crippen LogP contribution in [0.1, 0.15) is 29.9 Å². The molecular formula is C12H19N5O3. The van der Waals surface area contributed by atoms with Crippen molar-refractivity contribution in [3.63, 3.8) is 0 Å². The van der Waals surface area contributed by atoms with E-state index < -0.39 is 0 Å². The molecule has 8 heteroatoms. The summed E-state index contributed by atoms with van der Waals surface area (Å²) in [5.41, 5.74) is 0. The largest absolute Gasteiger partial charge is 0.396 e. The van der Waals surface area contributed by atoms with Gasteiger partial charge in [0.1, 0.15) is 6.33 Å². The second-order valence-electron chi connectivity index (χ2n) is 4.77. The van der Waals surface area contributed by atoms with Gasteiger partial charge in [-0.25, -0.2) is 4.98 Å². The van der Waals surface area contributed by atoms with E-state index in [9.17, 15) is 9.59 Å². The van der Waals surface area contributed by atoms with Crippen molar-refractivity contribution < 1.29 is 14.7 Å². The van der Waals surface area contributed by atoms with Crippen molar-refractivity contribution in [3.05, 3.63) is 12.2 Å². The Kier molecular flexibility index (Phi) is 5.05. The van der Waals surface area contributed by atoms with Crippen LogP contribution in [-0.2, 0) is 4.79 Å². The highest BCUT2D eigenvalue weighted by Gasteiger charge is 2.28. The van der Waals surface area contributed by atoms with E-state index in [4.69, 9.17) is 5.11 Å². The molecular weight excluding hydrogens is 262 g/mol. The second-order valence-corrected chi connectivity index (χ2v) is 4.77. The van der Waals surface area contributed by atoms with Gasteiger partial charge in [-0.15, -0.1) is 0 Å². The van der Waals surface area contributed by atoms with Gasteiger partial charge in [-0.05, 0) is 19.3 Å². The molecule has 0 spiro atoms. The van der Waals surface area contributed by atoms with Crippen LogP contribution in [0.5, 0.6) is 0 Å². The molecule has 0 radical (unpaired) electrons. The standard InChI is InChI=1S/C12H19N5O3/c18-7-1-4-13-11(19)9-2-5-17(6-3-9)12(20)10-14-8-15-16-10/h8-9,18H,1-7H2,(H,13,19)(H,14,15,16). The molecule has 0 aliphatic carbocycles. The number of carbonyl (C=O) groups excluding carboxylic acids is 2.